The van der Waals surface area contributed by atoms with Gasteiger partial charge in [0.2, 0.25) is 5.91 Å². The summed E-state index contributed by atoms with van der Waals surface area (Å²) in [5, 5.41) is 2.87. The molecule has 2 rings (SSSR count). The van der Waals surface area contributed by atoms with Gasteiger partial charge in [-0.2, -0.15) is 0 Å². The van der Waals surface area contributed by atoms with Gasteiger partial charge in [-0.3, -0.25) is 4.79 Å². The Balaban J connectivity index is 1.86. The number of aryl methyl sites for hydroxylation is 1. The van der Waals surface area contributed by atoms with Crippen LogP contribution in [0.25, 0.3) is 5.65 Å². The van der Waals surface area contributed by atoms with Gasteiger partial charge < -0.3 is 9.72 Å². The van der Waals surface area contributed by atoms with Crippen LogP contribution in [0.2, 0.25) is 0 Å². The SMILES string of the molecule is CCCNC(=O)CSCc1cn2cc(C)ccc2n1. The maximum Gasteiger partial charge on any atom is 0.230 e. The smallest absolute Gasteiger partial charge is 0.230 e. The molecule has 2 aromatic rings. The first-order valence-corrected chi connectivity index (χ1v) is 7.63. The van der Waals surface area contributed by atoms with Crippen molar-refractivity contribution in [3.63, 3.8) is 0 Å². The van der Waals surface area contributed by atoms with Crippen molar-refractivity contribution in [3.05, 3.63) is 35.8 Å². The van der Waals surface area contributed by atoms with Crippen LogP contribution in [0.4, 0.5) is 0 Å². The number of amides is 1. The fourth-order valence-corrected chi connectivity index (χ4v) is 2.53. The lowest BCUT2D eigenvalue weighted by molar-refractivity contribution is -0.118. The molecule has 5 heteroatoms. The highest BCUT2D eigenvalue weighted by Gasteiger charge is 2.04. The van der Waals surface area contributed by atoms with E-state index in [9.17, 15) is 4.79 Å². The quantitative estimate of drug-likeness (QED) is 0.882. The average Bonchev–Trinajstić information content (AvgIpc) is 2.78. The molecule has 0 aliphatic rings. The third-order valence-electron chi connectivity index (χ3n) is 2.70. The summed E-state index contributed by atoms with van der Waals surface area (Å²) in [6, 6.07) is 4.06. The van der Waals surface area contributed by atoms with Crippen molar-refractivity contribution in [2.75, 3.05) is 12.3 Å². The summed E-state index contributed by atoms with van der Waals surface area (Å²) in [7, 11) is 0. The van der Waals surface area contributed by atoms with Crippen LogP contribution in [0.3, 0.4) is 0 Å². The topological polar surface area (TPSA) is 46.4 Å². The van der Waals surface area contributed by atoms with Gasteiger partial charge in [-0.15, -0.1) is 11.8 Å². The van der Waals surface area contributed by atoms with Crippen LogP contribution >= 0.6 is 11.8 Å². The molecule has 0 aliphatic heterocycles. The molecule has 102 valence electrons. The summed E-state index contributed by atoms with van der Waals surface area (Å²) in [5.41, 5.74) is 3.18. The Hall–Kier alpha value is -1.49. The molecule has 4 nitrogen and oxygen atoms in total. The van der Waals surface area contributed by atoms with Crippen LogP contribution in [0.15, 0.2) is 24.5 Å². The number of aromatic nitrogens is 2. The molecule has 0 saturated heterocycles. The highest BCUT2D eigenvalue weighted by Crippen LogP contribution is 2.13. The molecule has 0 saturated carbocycles. The van der Waals surface area contributed by atoms with Crippen molar-refractivity contribution in [2.45, 2.75) is 26.0 Å². The predicted octanol–water partition coefficient (Wildman–Crippen LogP) is 2.40. The van der Waals surface area contributed by atoms with E-state index in [-0.39, 0.29) is 5.91 Å². The summed E-state index contributed by atoms with van der Waals surface area (Å²) < 4.78 is 2.03. The number of imidazole rings is 1. The third kappa shape index (κ3) is 3.99. The van der Waals surface area contributed by atoms with E-state index in [1.54, 1.807) is 11.8 Å². The van der Waals surface area contributed by atoms with Crippen LogP contribution in [0.5, 0.6) is 0 Å². The summed E-state index contributed by atoms with van der Waals surface area (Å²) in [4.78, 5) is 16.0. The molecule has 2 aromatic heterocycles. The van der Waals surface area contributed by atoms with E-state index < -0.39 is 0 Å². The molecular weight excluding hydrogens is 258 g/mol. The van der Waals surface area contributed by atoms with Crippen molar-refractivity contribution in [3.8, 4) is 0 Å². The average molecular weight is 277 g/mol. The number of thioether (sulfide) groups is 1. The minimum atomic E-state index is 0.103. The molecule has 19 heavy (non-hydrogen) atoms. The standard InChI is InChI=1S/C14H19N3OS/c1-3-6-15-14(18)10-19-9-12-8-17-7-11(2)4-5-13(17)16-12/h4-5,7-8H,3,6,9-10H2,1-2H3,(H,15,18). The maximum absolute atomic E-state index is 11.5. The Kier molecular flexibility index (Phi) is 4.85. The van der Waals surface area contributed by atoms with Crippen molar-refractivity contribution < 1.29 is 4.79 Å². The molecule has 0 aliphatic carbocycles. The molecule has 1 amide bonds. The number of nitrogens with one attached hydrogen (secondary N) is 1. The van der Waals surface area contributed by atoms with E-state index in [0.717, 1.165) is 30.1 Å². The van der Waals surface area contributed by atoms with E-state index in [4.69, 9.17) is 0 Å². The minimum Gasteiger partial charge on any atom is -0.355 e. The number of carbonyl (C=O) groups excluding carboxylic acids is 1. The van der Waals surface area contributed by atoms with Gasteiger partial charge in [0.25, 0.3) is 0 Å². The number of fused-ring (bicyclic) bond motifs is 1. The first kappa shape index (κ1) is 13.9. The van der Waals surface area contributed by atoms with E-state index in [0.29, 0.717) is 5.75 Å². The number of hydrogen-bond donors (Lipinski definition) is 1. The lowest BCUT2D eigenvalue weighted by Gasteiger charge is -2.01. The van der Waals surface area contributed by atoms with Crippen LogP contribution < -0.4 is 5.32 Å². The van der Waals surface area contributed by atoms with Gasteiger partial charge in [0, 0.05) is 24.7 Å². The Morgan fingerprint density at radius 1 is 1.42 bits per heavy atom. The Bertz CT molecular complexity index is 565. The van der Waals surface area contributed by atoms with Gasteiger partial charge in [-0.1, -0.05) is 13.0 Å². The lowest BCUT2D eigenvalue weighted by Crippen LogP contribution is -2.25. The molecule has 2 heterocycles. The molecule has 0 fully saturated rings. The van der Waals surface area contributed by atoms with Gasteiger partial charge in [0.05, 0.1) is 11.4 Å². The van der Waals surface area contributed by atoms with Crippen molar-refractivity contribution >= 4 is 23.3 Å². The van der Waals surface area contributed by atoms with E-state index in [2.05, 4.69) is 29.5 Å². The van der Waals surface area contributed by atoms with Gasteiger partial charge in [-0.05, 0) is 25.0 Å². The molecule has 0 spiro atoms. The lowest BCUT2D eigenvalue weighted by atomic mass is 10.3. The zero-order chi connectivity index (χ0) is 13.7. The number of rotatable bonds is 6. The fraction of sp³-hybridized carbons (Fsp3) is 0.429. The van der Waals surface area contributed by atoms with Crippen molar-refractivity contribution in [1.82, 2.24) is 14.7 Å². The second-order valence-electron chi connectivity index (χ2n) is 4.55. The molecule has 0 aromatic carbocycles. The fourth-order valence-electron chi connectivity index (χ4n) is 1.79. The van der Waals surface area contributed by atoms with Crippen molar-refractivity contribution in [2.24, 2.45) is 0 Å². The third-order valence-corrected chi connectivity index (χ3v) is 3.67. The zero-order valence-corrected chi connectivity index (χ0v) is 12.2. The minimum absolute atomic E-state index is 0.103. The van der Waals surface area contributed by atoms with Gasteiger partial charge in [0.1, 0.15) is 5.65 Å². The monoisotopic (exact) mass is 277 g/mol. The summed E-state index contributed by atoms with van der Waals surface area (Å²) in [6.07, 6.45) is 5.06. The van der Waals surface area contributed by atoms with E-state index in [1.165, 1.54) is 5.56 Å². The highest BCUT2D eigenvalue weighted by atomic mass is 32.2. The highest BCUT2D eigenvalue weighted by molar-refractivity contribution is 7.99. The predicted molar refractivity (Wildman–Crippen MR) is 79.4 cm³/mol. The number of pyridine rings is 1. The van der Waals surface area contributed by atoms with Crippen LogP contribution in [-0.2, 0) is 10.5 Å². The Morgan fingerprint density at radius 3 is 3.05 bits per heavy atom. The second-order valence-corrected chi connectivity index (χ2v) is 5.53. The molecule has 1 N–H and O–H groups in total. The normalized spacial score (nSPS) is 10.8. The zero-order valence-electron chi connectivity index (χ0n) is 11.3. The van der Waals surface area contributed by atoms with Crippen LogP contribution in [0.1, 0.15) is 24.6 Å². The summed E-state index contributed by atoms with van der Waals surface area (Å²) >= 11 is 1.60. The van der Waals surface area contributed by atoms with Gasteiger partial charge >= 0.3 is 0 Å². The van der Waals surface area contributed by atoms with Gasteiger partial charge in [-0.25, -0.2) is 4.98 Å². The largest absolute Gasteiger partial charge is 0.355 e. The number of hydrogen-bond acceptors (Lipinski definition) is 3. The summed E-state index contributed by atoms with van der Waals surface area (Å²) in [5.74, 6) is 1.36. The molecule has 0 radical (unpaired) electrons. The molecule has 0 atom stereocenters. The Morgan fingerprint density at radius 2 is 2.26 bits per heavy atom. The molecular formula is C14H19N3OS. The van der Waals surface area contributed by atoms with Gasteiger partial charge in [0.15, 0.2) is 0 Å². The number of nitrogens with zero attached hydrogens (tertiary/aromatic N) is 2. The summed E-state index contributed by atoms with van der Waals surface area (Å²) in [6.45, 7) is 4.87. The van der Waals surface area contributed by atoms with E-state index in [1.807, 2.05) is 23.6 Å². The van der Waals surface area contributed by atoms with Crippen LogP contribution in [0, 0.1) is 6.92 Å². The first-order chi connectivity index (χ1) is 9.19. The van der Waals surface area contributed by atoms with E-state index >= 15 is 0 Å². The molecule has 0 unspecified atom stereocenters. The molecule has 0 bridgehead atoms. The first-order valence-electron chi connectivity index (χ1n) is 6.47. The van der Waals surface area contributed by atoms with Crippen molar-refractivity contribution in [1.29, 1.82) is 0 Å². The van der Waals surface area contributed by atoms with Crippen LogP contribution in [-0.4, -0.2) is 27.6 Å². The second kappa shape index (κ2) is 6.61. The number of carbonyl (C=O) groups is 1. The Labute approximate surface area is 117 Å². The maximum atomic E-state index is 11.5.